The van der Waals surface area contributed by atoms with Gasteiger partial charge >= 0.3 is 17.9 Å². The zero-order valence-electron chi connectivity index (χ0n) is 73.6. The third kappa shape index (κ3) is 36.5. The molecule has 44 heteroatoms. The van der Waals surface area contributed by atoms with Gasteiger partial charge in [0.1, 0.15) is 90.3 Å². The predicted molar refractivity (Wildman–Crippen MR) is 468 cm³/mol. The number of nitrogens with zero attached hydrogens (tertiary/aromatic N) is 1. The molecule has 2 saturated heterocycles. The number of nitrogens with one attached hydrogen (secondary N) is 14. The summed E-state index contributed by atoms with van der Waals surface area (Å²) in [5.41, 5.74) is 18.3. The first-order valence-electron chi connectivity index (χ1n) is 43.2. The van der Waals surface area contributed by atoms with Gasteiger partial charge in [0.2, 0.25) is 100 Å². The van der Waals surface area contributed by atoms with E-state index in [0.29, 0.717) is 41.6 Å². The van der Waals surface area contributed by atoms with Crippen molar-refractivity contribution in [3.05, 3.63) is 138 Å². The smallest absolute Gasteiger partial charge is 0.326 e. The van der Waals surface area contributed by atoms with E-state index in [0.717, 1.165) is 4.90 Å². The van der Waals surface area contributed by atoms with Crippen LogP contribution in [0.2, 0.25) is 0 Å². The first-order valence-corrected chi connectivity index (χ1v) is 43.2. The van der Waals surface area contributed by atoms with Crippen LogP contribution in [0, 0.1) is 11.8 Å². The summed E-state index contributed by atoms with van der Waals surface area (Å²) in [6.07, 6.45) is -6.15. The average Bonchev–Trinajstić information content (AvgIpc) is 1.64. The Labute approximate surface area is 759 Å². The molecule has 2 heterocycles. The second-order valence-electron chi connectivity index (χ2n) is 33.1. The Morgan fingerprint density at radius 2 is 0.674 bits per heavy atom. The lowest BCUT2D eigenvalue weighted by molar-refractivity contribution is -0.143. The highest BCUT2D eigenvalue weighted by atomic mass is 16.4. The average molecular weight is 1850 g/mol. The van der Waals surface area contributed by atoms with E-state index < -0.39 is 279 Å². The summed E-state index contributed by atoms with van der Waals surface area (Å²) >= 11 is 0. The van der Waals surface area contributed by atoms with E-state index in [1.807, 2.05) is 0 Å². The van der Waals surface area contributed by atoms with Crippen LogP contribution in [0.1, 0.15) is 146 Å². The van der Waals surface area contributed by atoms with Crippen LogP contribution in [0.15, 0.2) is 115 Å². The molecule has 132 heavy (non-hydrogen) atoms. The van der Waals surface area contributed by atoms with Gasteiger partial charge in [-0.05, 0) is 117 Å². The van der Waals surface area contributed by atoms with Gasteiger partial charge in [-0.3, -0.25) is 91.1 Å². The highest BCUT2D eigenvalue weighted by Gasteiger charge is 2.43. The minimum atomic E-state index is -2.06. The highest BCUT2D eigenvalue weighted by Crippen LogP contribution is 2.22. The van der Waals surface area contributed by atoms with Crippen LogP contribution in [0.25, 0.3) is 0 Å². The van der Waals surface area contributed by atoms with Crippen LogP contribution in [-0.4, -0.2) is 271 Å². The predicted octanol–water partition coefficient (Wildman–Crippen LogP) is -4.99. The topological polar surface area (TPSA) is 712 Å². The second-order valence-corrected chi connectivity index (χ2v) is 33.1. The molecule has 26 N–H and O–H groups in total. The monoisotopic (exact) mass is 1840 g/mol. The Kier molecular flexibility index (Phi) is 43.5. The molecule has 0 unspecified atom stereocenters. The van der Waals surface area contributed by atoms with E-state index in [1.165, 1.54) is 24.3 Å². The molecule has 0 spiro atoms. The first kappa shape index (κ1) is 107. The molecule has 15 atom stereocenters. The quantitative estimate of drug-likeness (QED) is 0.0197. The minimum absolute atomic E-state index is 0.0382. The molecule has 4 aromatic carbocycles. The van der Waals surface area contributed by atoms with E-state index >= 15 is 0 Å². The van der Waals surface area contributed by atoms with Gasteiger partial charge in [-0.25, -0.2) is 4.79 Å². The number of nitrogens with two attached hydrogens (primary N) is 3. The number of benzene rings is 4. The maximum absolute atomic E-state index is 14.8. The van der Waals surface area contributed by atoms with Crippen molar-refractivity contribution in [1.29, 1.82) is 0 Å². The molecule has 17 amide bonds. The van der Waals surface area contributed by atoms with Crippen molar-refractivity contribution in [3.8, 4) is 5.75 Å². The summed E-state index contributed by atoms with van der Waals surface area (Å²) in [5.74, 6) is -23.6. The van der Waals surface area contributed by atoms with Crippen molar-refractivity contribution < 1.29 is 127 Å². The van der Waals surface area contributed by atoms with Crippen molar-refractivity contribution in [1.82, 2.24) is 79.3 Å². The number of rotatable bonds is 56. The van der Waals surface area contributed by atoms with Gasteiger partial charge in [0.05, 0.1) is 25.7 Å². The number of primary amides is 3. The number of phenols is 1. The van der Waals surface area contributed by atoms with E-state index in [2.05, 4.69) is 74.4 Å². The summed E-state index contributed by atoms with van der Waals surface area (Å²) in [6.45, 7) is 4.51. The highest BCUT2D eigenvalue weighted by molar-refractivity contribution is 6.02. The normalized spacial score (nSPS) is 16.3. The van der Waals surface area contributed by atoms with Gasteiger partial charge in [-0.2, -0.15) is 0 Å². The van der Waals surface area contributed by atoms with Crippen molar-refractivity contribution in [2.75, 3.05) is 26.3 Å². The molecule has 4 aromatic rings. The van der Waals surface area contributed by atoms with E-state index in [4.69, 9.17) is 17.2 Å². The molecule has 0 aliphatic carbocycles. The van der Waals surface area contributed by atoms with E-state index in [-0.39, 0.29) is 76.0 Å². The van der Waals surface area contributed by atoms with Crippen LogP contribution < -0.4 is 91.6 Å². The summed E-state index contributed by atoms with van der Waals surface area (Å²) in [5, 5.41) is 95.8. The lowest BCUT2D eigenvalue weighted by Gasteiger charge is -2.30. The number of aliphatic carboxylic acids is 3. The number of carbonyl (C=O) groups is 20. The summed E-state index contributed by atoms with van der Waals surface area (Å²) in [7, 11) is 0. The number of phenolic OH excluding ortho intramolecular Hbond substituents is 1. The van der Waals surface area contributed by atoms with Gasteiger partial charge in [0, 0.05) is 57.9 Å². The molecule has 2 aliphatic rings. The van der Waals surface area contributed by atoms with Crippen molar-refractivity contribution in [2.45, 2.75) is 240 Å². The summed E-state index contributed by atoms with van der Waals surface area (Å²) in [4.78, 5) is 275. The number of amides is 17. The third-order valence-electron chi connectivity index (χ3n) is 21.5. The standard InChI is InChI=1S/C88H120N18O26/c1-47(2)38-59(97-76(119)55(28-32-69(89)110)93-74(117)54-22-14-36-92-54)79(122)96-57(30-34-72(113)114)75(118)94-58(31-35-73(115)116)77(120)99-61(40-49-16-8-5-9-17-49)81(124)98-60(39-48(3)4)80(123)101-64(44-71(91)112)84(127)95-56(29-33-70(90)111)78(121)104-66(45-107)85(128)105-67(46-108)87(130)106-37-15-23-68(106)86(129)102-63(41-50-18-10-6-11-19-50)82(125)100-62(42-52-24-26-53(109)27-25-52)83(126)103-65(88(131)132)43-51-20-12-7-13-21-51/h5-13,16-21,24-27,47-48,54-68,92,107-109H,14-15,22-23,28-46H2,1-4H3,(H2,89,110)(H2,90,111)(H2,91,112)(H,93,117)(H,94,118)(H,95,127)(H,96,122)(H,97,119)(H,98,124)(H,99,120)(H,100,125)(H,101,123)(H,102,129)(H,103,126)(H,104,121)(H,105,128)(H,113,114)(H,115,116)(H,131,132)/t54-,55-,56-,57-,58-,59-,60-,61-,62-,63-,64-,65-,66-,67-,68-/m0/s1. The fraction of sp³-hybridized carbons (Fsp3) is 0.500. The van der Waals surface area contributed by atoms with Gasteiger partial charge in [-0.1, -0.05) is 131 Å². The van der Waals surface area contributed by atoms with Gasteiger partial charge in [-0.15, -0.1) is 0 Å². The van der Waals surface area contributed by atoms with Gasteiger partial charge < -0.3 is 127 Å². The van der Waals surface area contributed by atoms with Gasteiger partial charge in [0.25, 0.3) is 0 Å². The van der Waals surface area contributed by atoms with E-state index in [9.17, 15) is 127 Å². The maximum atomic E-state index is 14.8. The fourth-order valence-corrected chi connectivity index (χ4v) is 14.6. The fourth-order valence-electron chi connectivity index (χ4n) is 14.6. The molecule has 0 bridgehead atoms. The van der Waals surface area contributed by atoms with Crippen molar-refractivity contribution in [2.24, 2.45) is 29.0 Å². The molecule has 0 radical (unpaired) electrons. The molecule has 718 valence electrons. The van der Waals surface area contributed by atoms with Crippen LogP contribution in [0.5, 0.6) is 5.75 Å². The van der Waals surface area contributed by atoms with Crippen LogP contribution in [-0.2, 0) is 122 Å². The Balaban J connectivity index is 1.17. The zero-order valence-corrected chi connectivity index (χ0v) is 73.6. The molecule has 0 aromatic heterocycles. The van der Waals surface area contributed by atoms with Crippen molar-refractivity contribution in [3.63, 3.8) is 0 Å². The number of carboxylic acids is 3. The maximum Gasteiger partial charge on any atom is 0.326 e. The molecule has 0 saturated carbocycles. The lowest BCUT2D eigenvalue weighted by atomic mass is 9.99. The number of aromatic hydroxyl groups is 1. The molecular weight excluding hydrogens is 1730 g/mol. The van der Waals surface area contributed by atoms with Crippen molar-refractivity contribution >= 4 is 118 Å². The number of aliphatic hydroxyl groups is 2. The lowest BCUT2D eigenvalue weighted by Crippen LogP contribution is -2.62. The Hall–Kier alpha value is -14.0. The number of hydrogen-bond donors (Lipinski definition) is 23. The number of likely N-dealkylation sites (tertiary alicyclic amines) is 1. The molecule has 44 nitrogen and oxygen atoms in total. The van der Waals surface area contributed by atoms with Crippen LogP contribution in [0.4, 0.5) is 0 Å². The summed E-state index contributed by atoms with van der Waals surface area (Å²) in [6, 6.07) is 5.58. The second kappa shape index (κ2) is 53.8. The van der Waals surface area contributed by atoms with Gasteiger partial charge in [0.15, 0.2) is 0 Å². The number of carboxylic acid groups (broad SMARTS) is 3. The SMILES string of the molecule is CC(C)C[C@H](NC(=O)[C@H](CCC(N)=O)NC(=O)[C@@H]1CCCN1)C(=O)N[C@@H](CCC(=O)O)C(=O)N[C@@H](CCC(=O)O)C(=O)N[C@@H](Cc1ccccc1)C(=O)N[C@@H](CC(C)C)C(=O)N[C@@H](CC(N)=O)C(=O)N[C@@H](CCC(N)=O)C(=O)N[C@@H](CO)C(=O)N[C@@H](CO)C(=O)N1CCC[C@H]1C(=O)N[C@@H](Cc1ccccc1)C(=O)N[C@@H](Cc1ccc(O)cc1)C(=O)N[C@@H](Cc1ccccc1)C(=O)O. The largest absolute Gasteiger partial charge is 0.508 e. The number of aliphatic hydroxyl groups excluding tert-OH is 2. The molecular formula is C88H120N18O26. The number of carbonyl (C=O) groups excluding carboxylic acids is 17. The third-order valence-corrected chi connectivity index (χ3v) is 21.5. The Morgan fingerprint density at radius 3 is 1.05 bits per heavy atom. The minimum Gasteiger partial charge on any atom is -0.508 e. The Morgan fingerprint density at radius 1 is 0.356 bits per heavy atom. The van der Waals surface area contributed by atoms with Crippen LogP contribution in [0.3, 0.4) is 0 Å². The molecule has 2 aliphatic heterocycles. The molecule has 6 rings (SSSR count). The molecule has 2 fully saturated rings. The summed E-state index contributed by atoms with van der Waals surface area (Å²) < 4.78 is 0. The number of hydrogen-bond acceptors (Lipinski definition) is 24. The van der Waals surface area contributed by atoms with Crippen LogP contribution >= 0.6 is 0 Å². The van der Waals surface area contributed by atoms with E-state index in [1.54, 1.807) is 119 Å². The Bertz CT molecular complexity index is 4680. The zero-order chi connectivity index (χ0) is 97.4. The first-order chi connectivity index (χ1) is 62.6.